The summed E-state index contributed by atoms with van der Waals surface area (Å²) in [7, 11) is 1.83. The summed E-state index contributed by atoms with van der Waals surface area (Å²) in [4.78, 5) is 0. The third kappa shape index (κ3) is 1.48. The van der Waals surface area contributed by atoms with Crippen LogP contribution in [0.4, 0.5) is 5.82 Å². The van der Waals surface area contributed by atoms with Gasteiger partial charge in [-0.15, -0.1) is 0 Å². The summed E-state index contributed by atoms with van der Waals surface area (Å²) in [5.41, 5.74) is 8.38. The van der Waals surface area contributed by atoms with E-state index in [9.17, 15) is 0 Å². The zero-order valence-corrected chi connectivity index (χ0v) is 9.34. The van der Waals surface area contributed by atoms with Crippen molar-refractivity contribution in [2.45, 2.75) is 13.3 Å². The molecule has 0 saturated carbocycles. The van der Waals surface area contributed by atoms with E-state index in [2.05, 4.69) is 15.3 Å². The van der Waals surface area contributed by atoms with Crippen molar-refractivity contribution < 1.29 is 0 Å². The van der Waals surface area contributed by atoms with E-state index < -0.39 is 0 Å². The van der Waals surface area contributed by atoms with Crippen LogP contribution in [0.15, 0.2) is 6.20 Å². The van der Waals surface area contributed by atoms with Gasteiger partial charge in [0.2, 0.25) is 0 Å². The number of hydrogen-bond acceptors (Lipinski definition) is 3. The molecular formula is C9H12ClN5. The van der Waals surface area contributed by atoms with Gasteiger partial charge in [0, 0.05) is 12.6 Å². The Morgan fingerprint density at radius 2 is 2.33 bits per heavy atom. The molecule has 3 N–H and O–H groups in total. The second kappa shape index (κ2) is 3.58. The van der Waals surface area contributed by atoms with Crippen molar-refractivity contribution in [3.63, 3.8) is 0 Å². The molecule has 0 saturated heterocycles. The summed E-state index contributed by atoms with van der Waals surface area (Å²) in [5.74, 6) is 0.518. The van der Waals surface area contributed by atoms with Gasteiger partial charge in [-0.3, -0.25) is 9.78 Å². The first-order chi connectivity index (χ1) is 7.15. The van der Waals surface area contributed by atoms with Crippen molar-refractivity contribution in [2.75, 3.05) is 5.73 Å². The Morgan fingerprint density at radius 3 is 2.87 bits per heavy atom. The highest BCUT2D eigenvalue weighted by Crippen LogP contribution is 2.30. The van der Waals surface area contributed by atoms with Gasteiger partial charge in [0.15, 0.2) is 0 Å². The second-order valence-electron chi connectivity index (χ2n) is 3.28. The smallest absolute Gasteiger partial charge is 0.149 e. The molecule has 2 aromatic heterocycles. The molecule has 6 heteroatoms. The van der Waals surface area contributed by atoms with Gasteiger partial charge in [-0.25, -0.2) is 0 Å². The van der Waals surface area contributed by atoms with E-state index in [-0.39, 0.29) is 0 Å². The van der Waals surface area contributed by atoms with Crippen molar-refractivity contribution in [1.82, 2.24) is 20.0 Å². The second-order valence-corrected chi connectivity index (χ2v) is 3.69. The van der Waals surface area contributed by atoms with Crippen molar-refractivity contribution in [3.8, 4) is 11.4 Å². The fourth-order valence-electron chi connectivity index (χ4n) is 1.62. The van der Waals surface area contributed by atoms with Crippen molar-refractivity contribution in [3.05, 3.63) is 16.8 Å². The number of rotatable bonds is 2. The molecule has 0 aliphatic heterocycles. The van der Waals surface area contributed by atoms with Gasteiger partial charge < -0.3 is 5.73 Å². The standard InChI is InChI=1S/C9H12ClN5/c1-3-5-7(13-14-9(5)11)8-6(10)4-12-15(8)2/h4H,3H2,1-2H3,(H3,11,13,14). The SMILES string of the molecule is CCc1c(N)n[nH]c1-c1c(Cl)cnn1C. The molecular weight excluding hydrogens is 214 g/mol. The fraction of sp³-hybridized carbons (Fsp3) is 0.333. The van der Waals surface area contributed by atoms with Crippen LogP contribution in [0.1, 0.15) is 12.5 Å². The minimum absolute atomic E-state index is 0.518. The Hall–Kier alpha value is -1.49. The minimum atomic E-state index is 0.518. The number of aromatic nitrogens is 4. The predicted octanol–water partition coefficient (Wildman–Crippen LogP) is 1.61. The summed E-state index contributed by atoms with van der Waals surface area (Å²) >= 11 is 6.05. The lowest BCUT2D eigenvalue weighted by Crippen LogP contribution is -1.97. The fourth-order valence-corrected chi connectivity index (χ4v) is 1.89. The van der Waals surface area contributed by atoms with E-state index in [1.165, 1.54) is 0 Å². The first-order valence-corrected chi connectivity index (χ1v) is 5.03. The summed E-state index contributed by atoms with van der Waals surface area (Å²) in [6.45, 7) is 2.02. The van der Waals surface area contributed by atoms with Crippen molar-refractivity contribution in [2.24, 2.45) is 7.05 Å². The summed E-state index contributed by atoms with van der Waals surface area (Å²) < 4.78 is 1.70. The molecule has 80 valence electrons. The summed E-state index contributed by atoms with van der Waals surface area (Å²) in [6.07, 6.45) is 2.41. The highest BCUT2D eigenvalue weighted by molar-refractivity contribution is 6.33. The van der Waals surface area contributed by atoms with Crippen LogP contribution in [0.3, 0.4) is 0 Å². The molecule has 2 heterocycles. The largest absolute Gasteiger partial charge is 0.382 e. The lowest BCUT2D eigenvalue weighted by atomic mass is 10.1. The van der Waals surface area contributed by atoms with Crippen LogP contribution in [0.5, 0.6) is 0 Å². The van der Waals surface area contributed by atoms with E-state index in [0.717, 1.165) is 23.4 Å². The molecule has 0 fully saturated rings. The average Bonchev–Trinajstić information content (AvgIpc) is 2.71. The van der Waals surface area contributed by atoms with E-state index in [1.54, 1.807) is 10.9 Å². The molecule has 0 aliphatic rings. The third-order valence-corrected chi connectivity index (χ3v) is 2.66. The van der Waals surface area contributed by atoms with Gasteiger partial charge in [0.1, 0.15) is 11.5 Å². The molecule has 0 aliphatic carbocycles. The van der Waals surface area contributed by atoms with Crippen LogP contribution < -0.4 is 5.73 Å². The van der Waals surface area contributed by atoms with Crippen molar-refractivity contribution in [1.29, 1.82) is 0 Å². The number of nitrogens with zero attached hydrogens (tertiary/aromatic N) is 3. The Morgan fingerprint density at radius 1 is 1.60 bits per heavy atom. The molecule has 2 rings (SSSR count). The highest BCUT2D eigenvalue weighted by Gasteiger charge is 2.16. The number of aromatic amines is 1. The zero-order chi connectivity index (χ0) is 11.0. The zero-order valence-electron chi connectivity index (χ0n) is 8.58. The lowest BCUT2D eigenvalue weighted by molar-refractivity contribution is 0.771. The average molecular weight is 226 g/mol. The number of H-pyrrole nitrogens is 1. The quantitative estimate of drug-likeness (QED) is 0.816. The molecule has 15 heavy (non-hydrogen) atoms. The van der Waals surface area contributed by atoms with Crippen molar-refractivity contribution >= 4 is 17.4 Å². The van der Waals surface area contributed by atoms with E-state index >= 15 is 0 Å². The maximum atomic E-state index is 6.05. The van der Waals surface area contributed by atoms with Gasteiger partial charge in [-0.2, -0.15) is 10.2 Å². The number of aryl methyl sites for hydroxylation is 1. The number of hydrogen-bond donors (Lipinski definition) is 2. The van der Waals surface area contributed by atoms with Gasteiger partial charge in [0.05, 0.1) is 16.9 Å². The molecule has 0 aromatic carbocycles. The first-order valence-electron chi connectivity index (χ1n) is 4.65. The maximum Gasteiger partial charge on any atom is 0.149 e. The minimum Gasteiger partial charge on any atom is -0.382 e. The monoisotopic (exact) mass is 225 g/mol. The lowest BCUT2D eigenvalue weighted by Gasteiger charge is -2.02. The Balaban J connectivity index is 2.63. The molecule has 0 bridgehead atoms. The normalized spacial score (nSPS) is 10.9. The number of halogens is 1. The van der Waals surface area contributed by atoms with Crippen LogP contribution in [-0.4, -0.2) is 20.0 Å². The van der Waals surface area contributed by atoms with Crippen LogP contribution in [-0.2, 0) is 13.5 Å². The van der Waals surface area contributed by atoms with E-state index in [1.807, 2.05) is 14.0 Å². The Bertz CT molecular complexity index is 465. The molecule has 5 nitrogen and oxygen atoms in total. The first kappa shape index (κ1) is 10.0. The number of nitrogens with one attached hydrogen (secondary N) is 1. The molecule has 0 spiro atoms. The van der Waals surface area contributed by atoms with Gasteiger partial charge >= 0.3 is 0 Å². The van der Waals surface area contributed by atoms with E-state index in [0.29, 0.717) is 10.8 Å². The van der Waals surface area contributed by atoms with Crippen LogP contribution >= 0.6 is 11.6 Å². The maximum absolute atomic E-state index is 6.05. The third-order valence-electron chi connectivity index (χ3n) is 2.38. The van der Waals surface area contributed by atoms with Gasteiger partial charge in [-0.05, 0) is 6.42 Å². The Labute approximate surface area is 92.2 Å². The van der Waals surface area contributed by atoms with Crippen LogP contribution in [0.25, 0.3) is 11.4 Å². The molecule has 0 radical (unpaired) electrons. The topological polar surface area (TPSA) is 72.5 Å². The predicted molar refractivity (Wildman–Crippen MR) is 59.6 cm³/mol. The molecule has 0 amide bonds. The molecule has 2 aromatic rings. The number of nitrogen functional groups attached to an aromatic ring is 1. The summed E-state index contributed by atoms with van der Waals surface area (Å²) in [5, 5.41) is 11.5. The number of anilines is 1. The van der Waals surface area contributed by atoms with Crippen LogP contribution in [0, 0.1) is 0 Å². The van der Waals surface area contributed by atoms with Gasteiger partial charge in [-0.1, -0.05) is 18.5 Å². The van der Waals surface area contributed by atoms with E-state index in [4.69, 9.17) is 17.3 Å². The highest BCUT2D eigenvalue weighted by atomic mass is 35.5. The number of nitrogens with two attached hydrogens (primary N) is 1. The van der Waals surface area contributed by atoms with Crippen LogP contribution in [0.2, 0.25) is 5.02 Å². The van der Waals surface area contributed by atoms with Gasteiger partial charge in [0.25, 0.3) is 0 Å². The Kier molecular flexibility index (Phi) is 2.40. The molecule has 0 unspecified atom stereocenters. The molecule has 0 atom stereocenters. The summed E-state index contributed by atoms with van der Waals surface area (Å²) in [6, 6.07) is 0.